The molecule has 0 amide bonds. The van der Waals surface area contributed by atoms with Gasteiger partial charge >= 0.3 is 0 Å². The maximum absolute atomic E-state index is 5.88. The number of rotatable bonds is 2. The summed E-state index contributed by atoms with van der Waals surface area (Å²) in [6.45, 7) is 2.05. The fraction of sp³-hybridized carbons (Fsp3) is 0.0769. The summed E-state index contributed by atoms with van der Waals surface area (Å²) in [6.07, 6.45) is 1.73. The number of hydrogen-bond acceptors (Lipinski definition) is 5. The van der Waals surface area contributed by atoms with Gasteiger partial charge in [0.15, 0.2) is 11.6 Å². The number of hydrogen-bond donors (Lipinski definition) is 1. The number of thiophene rings is 1. The van der Waals surface area contributed by atoms with E-state index < -0.39 is 0 Å². The van der Waals surface area contributed by atoms with E-state index >= 15 is 0 Å². The number of nitrogen functional groups attached to an aromatic ring is 1. The van der Waals surface area contributed by atoms with Crippen molar-refractivity contribution >= 4 is 17.2 Å². The maximum atomic E-state index is 5.88. The van der Waals surface area contributed by atoms with Crippen molar-refractivity contribution in [3.05, 3.63) is 41.4 Å². The van der Waals surface area contributed by atoms with Crippen LogP contribution in [0.2, 0.25) is 0 Å². The summed E-state index contributed by atoms with van der Waals surface area (Å²) in [5.41, 5.74) is 7.41. The molecule has 0 spiro atoms. The molecular weight excluding hydrogens is 246 g/mol. The number of anilines is 1. The molecule has 90 valence electrons. The molecule has 0 unspecified atom stereocenters. The van der Waals surface area contributed by atoms with Crippen molar-refractivity contribution in [3.8, 4) is 21.9 Å². The zero-order valence-electron chi connectivity index (χ0n) is 9.75. The molecule has 2 N–H and O–H groups in total. The van der Waals surface area contributed by atoms with Crippen LogP contribution in [0.4, 0.5) is 5.82 Å². The van der Waals surface area contributed by atoms with Crippen LogP contribution in [0.3, 0.4) is 0 Å². The van der Waals surface area contributed by atoms with Gasteiger partial charge in [-0.1, -0.05) is 11.2 Å². The smallest absolute Gasteiger partial charge is 0.188 e. The van der Waals surface area contributed by atoms with Crippen LogP contribution in [0.15, 0.2) is 41.1 Å². The molecule has 0 saturated heterocycles. The molecule has 0 atom stereocenters. The van der Waals surface area contributed by atoms with Crippen molar-refractivity contribution in [2.45, 2.75) is 6.92 Å². The summed E-state index contributed by atoms with van der Waals surface area (Å²) in [7, 11) is 0. The van der Waals surface area contributed by atoms with E-state index in [1.54, 1.807) is 17.5 Å². The van der Waals surface area contributed by atoms with E-state index in [0.717, 1.165) is 16.1 Å². The van der Waals surface area contributed by atoms with Crippen molar-refractivity contribution in [1.29, 1.82) is 0 Å². The van der Waals surface area contributed by atoms with Gasteiger partial charge < -0.3 is 10.3 Å². The molecule has 3 aromatic rings. The maximum Gasteiger partial charge on any atom is 0.188 e. The van der Waals surface area contributed by atoms with Crippen molar-refractivity contribution in [2.75, 3.05) is 5.73 Å². The molecule has 0 aliphatic rings. The van der Waals surface area contributed by atoms with Crippen LogP contribution in [0.1, 0.15) is 4.88 Å². The number of nitrogens with zero attached hydrogens (tertiary/aromatic N) is 2. The number of pyridine rings is 1. The number of aryl methyl sites for hydroxylation is 1. The zero-order valence-corrected chi connectivity index (χ0v) is 10.6. The Labute approximate surface area is 108 Å². The van der Waals surface area contributed by atoms with Gasteiger partial charge in [-0.05, 0) is 31.2 Å². The third-order valence-corrected chi connectivity index (χ3v) is 3.60. The second kappa shape index (κ2) is 4.27. The van der Waals surface area contributed by atoms with Gasteiger partial charge in [-0.25, -0.2) is 0 Å². The van der Waals surface area contributed by atoms with Crippen LogP contribution in [0.25, 0.3) is 21.9 Å². The molecule has 4 nitrogen and oxygen atoms in total. The van der Waals surface area contributed by atoms with Crippen molar-refractivity contribution < 1.29 is 4.52 Å². The summed E-state index contributed by atoms with van der Waals surface area (Å²) in [6, 6.07) is 9.72. The van der Waals surface area contributed by atoms with Gasteiger partial charge in [0.2, 0.25) is 0 Å². The second-order valence-corrected chi connectivity index (χ2v) is 5.19. The predicted molar refractivity (Wildman–Crippen MR) is 72.2 cm³/mol. The van der Waals surface area contributed by atoms with Gasteiger partial charge in [0.1, 0.15) is 0 Å². The first-order valence-corrected chi connectivity index (χ1v) is 6.30. The quantitative estimate of drug-likeness (QED) is 0.764. The first-order valence-electron chi connectivity index (χ1n) is 5.49. The SMILES string of the molecule is Cc1ccc(-c2onc(N)c2-c2ccccn2)s1. The van der Waals surface area contributed by atoms with E-state index in [1.165, 1.54) is 4.88 Å². The average Bonchev–Trinajstić information content (AvgIpc) is 2.96. The first-order chi connectivity index (χ1) is 8.75. The van der Waals surface area contributed by atoms with Crippen LogP contribution < -0.4 is 5.73 Å². The third-order valence-electron chi connectivity index (χ3n) is 2.60. The van der Waals surface area contributed by atoms with E-state index in [0.29, 0.717) is 11.6 Å². The molecule has 3 heterocycles. The molecular formula is C13H11N3OS. The third kappa shape index (κ3) is 1.78. The normalized spacial score (nSPS) is 10.7. The zero-order chi connectivity index (χ0) is 12.5. The van der Waals surface area contributed by atoms with Crippen molar-refractivity contribution in [1.82, 2.24) is 10.1 Å². The molecule has 3 aromatic heterocycles. The van der Waals surface area contributed by atoms with Crippen molar-refractivity contribution in [3.63, 3.8) is 0 Å². The molecule has 0 aliphatic heterocycles. The van der Waals surface area contributed by atoms with Crippen LogP contribution in [0.5, 0.6) is 0 Å². The lowest BCUT2D eigenvalue weighted by atomic mass is 10.1. The lowest BCUT2D eigenvalue weighted by Crippen LogP contribution is -1.90. The summed E-state index contributed by atoms with van der Waals surface area (Å²) in [5, 5.41) is 3.85. The molecule has 0 radical (unpaired) electrons. The standard InChI is InChI=1S/C13H11N3OS/c1-8-5-6-10(18-8)12-11(13(14)16-17-12)9-4-2-3-7-15-9/h2-7H,1H3,(H2,14,16). The Morgan fingerprint density at radius 2 is 2.11 bits per heavy atom. The topological polar surface area (TPSA) is 64.9 Å². The monoisotopic (exact) mass is 257 g/mol. The van der Waals surface area contributed by atoms with Gasteiger partial charge in [-0.15, -0.1) is 11.3 Å². The van der Waals surface area contributed by atoms with E-state index in [-0.39, 0.29) is 0 Å². The lowest BCUT2D eigenvalue weighted by molar-refractivity contribution is 0.437. The minimum Gasteiger partial charge on any atom is -0.380 e. The summed E-state index contributed by atoms with van der Waals surface area (Å²) < 4.78 is 5.34. The van der Waals surface area contributed by atoms with Gasteiger partial charge in [0.05, 0.1) is 16.1 Å². The second-order valence-electron chi connectivity index (χ2n) is 3.90. The molecule has 18 heavy (non-hydrogen) atoms. The molecule has 0 bridgehead atoms. The first kappa shape index (κ1) is 11.0. The average molecular weight is 257 g/mol. The molecule has 0 fully saturated rings. The van der Waals surface area contributed by atoms with E-state index in [4.69, 9.17) is 10.3 Å². The van der Waals surface area contributed by atoms with Crippen LogP contribution in [-0.2, 0) is 0 Å². The molecule has 0 aromatic carbocycles. The Hall–Kier alpha value is -2.14. The highest BCUT2D eigenvalue weighted by molar-refractivity contribution is 7.15. The number of nitrogens with two attached hydrogens (primary N) is 1. The summed E-state index contributed by atoms with van der Waals surface area (Å²) >= 11 is 1.65. The van der Waals surface area contributed by atoms with E-state index in [1.807, 2.05) is 37.3 Å². The van der Waals surface area contributed by atoms with Gasteiger partial charge in [-0.3, -0.25) is 4.98 Å². The fourth-order valence-electron chi connectivity index (χ4n) is 1.79. The lowest BCUT2D eigenvalue weighted by Gasteiger charge is -1.99. The Morgan fingerprint density at radius 1 is 1.22 bits per heavy atom. The highest BCUT2D eigenvalue weighted by Crippen LogP contribution is 2.38. The molecule has 3 rings (SSSR count). The Bertz CT molecular complexity index is 673. The minimum atomic E-state index is 0.370. The van der Waals surface area contributed by atoms with Gasteiger partial charge in [0.25, 0.3) is 0 Å². The highest BCUT2D eigenvalue weighted by atomic mass is 32.1. The number of aromatic nitrogens is 2. The molecule has 5 heteroatoms. The minimum absolute atomic E-state index is 0.370. The Balaban J connectivity index is 2.18. The Kier molecular flexibility index (Phi) is 2.60. The summed E-state index contributed by atoms with van der Waals surface area (Å²) in [5.74, 6) is 1.05. The van der Waals surface area contributed by atoms with Gasteiger partial charge in [0, 0.05) is 11.1 Å². The Morgan fingerprint density at radius 3 is 2.78 bits per heavy atom. The highest BCUT2D eigenvalue weighted by Gasteiger charge is 2.19. The molecule has 0 aliphatic carbocycles. The van der Waals surface area contributed by atoms with Crippen molar-refractivity contribution in [2.24, 2.45) is 0 Å². The fourth-order valence-corrected chi connectivity index (χ4v) is 2.64. The predicted octanol–water partition coefficient (Wildman–Crippen LogP) is 3.36. The van der Waals surface area contributed by atoms with Crippen LogP contribution in [-0.4, -0.2) is 10.1 Å². The largest absolute Gasteiger partial charge is 0.380 e. The van der Waals surface area contributed by atoms with E-state index in [2.05, 4.69) is 10.1 Å². The molecule has 0 saturated carbocycles. The van der Waals surface area contributed by atoms with Gasteiger partial charge in [-0.2, -0.15) is 0 Å². The summed E-state index contributed by atoms with van der Waals surface area (Å²) in [4.78, 5) is 6.53. The van der Waals surface area contributed by atoms with E-state index in [9.17, 15) is 0 Å². The van der Waals surface area contributed by atoms with Crippen LogP contribution in [0, 0.1) is 6.92 Å². The van der Waals surface area contributed by atoms with Crippen LogP contribution >= 0.6 is 11.3 Å².